The molecule has 286 valence electrons. The number of fused-ring (bicyclic) bond motifs is 5. The van der Waals surface area contributed by atoms with E-state index in [-0.39, 0.29) is 0 Å². The van der Waals surface area contributed by atoms with Gasteiger partial charge in [0.15, 0.2) is 17.5 Å². The van der Waals surface area contributed by atoms with Crippen molar-refractivity contribution >= 4 is 32.3 Å². The number of hydrogen-bond acceptors (Lipinski definition) is 6. The molecule has 0 amide bonds. The zero-order chi connectivity index (χ0) is 41.1. The second kappa shape index (κ2) is 14.3. The minimum absolute atomic E-state index is 0.594. The molecule has 0 radical (unpaired) electrons. The lowest BCUT2D eigenvalue weighted by Crippen LogP contribution is -2.01. The van der Waals surface area contributed by atoms with Crippen molar-refractivity contribution in [1.82, 2.24) is 24.9 Å². The second-order valence-corrected chi connectivity index (χ2v) is 15.6. The van der Waals surface area contributed by atoms with Crippen LogP contribution in [0.5, 0.6) is 0 Å². The van der Waals surface area contributed by atoms with Crippen molar-refractivity contribution in [3.05, 3.63) is 200 Å². The molecule has 3 aromatic heterocycles. The fourth-order valence-corrected chi connectivity index (χ4v) is 9.14. The van der Waals surface area contributed by atoms with E-state index in [1.165, 1.54) is 38.6 Å². The molecule has 0 saturated heterocycles. The van der Waals surface area contributed by atoms with Crippen LogP contribution >= 0.6 is 0 Å². The highest BCUT2D eigenvalue weighted by atomic mass is 15.0. The molecule has 11 aromatic rings. The molecule has 3 heterocycles. The van der Waals surface area contributed by atoms with Gasteiger partial charge in [0.05, 0.1) is 11.6 Å². The number of rotatable bonds is 6. The van der Waals surface area contributed by atoms with Crippen molar-refractivity contribution in [2.24, 2.45) is 0 Å². The maximum Gasteiger partial charge on any atom is 0.164 e. The largest absolute Gasteiger partial charge is 0.264 e. The van der Waals surface area contributed by atoms with E-state index in [1.54, 1.807) is 12.4 Å². The van der Waals surface area contributed by atoms with Crippen LogP contribution in [0, 0.1) is 11.3 Å². The second-order valence-electron chi connectivity index (χ2n) is 15.6. The third-order valence-corrected chi connectivity index (χ3v) is 12.1. The molecule has 8 aromatic carbocycles. The monoisotopic (exact) mass is 788 g/mol. The molecule has 0 N–H and O–H groups in total. The molecule has 6 heteroatoms. The summed E-state index contributed by atoms with van der Waals surface area (Å²) in [5.74, 6) is 1.79. The summed E-state index contributed by atoms with van der Waals surface area (Å²) in [4.78, 5) is 24.0. The predicted octanol–water partition coefficient (Wildman–Crippen LogP) is 13.6. The lowest BCUT2D eigenvalue weighted by Gasteiger charge is -2.15. The first kappa shape index (κ1) is 35.3. The van der Waals surface area contributed by atoms with Crippen LogP contribution in [-0.2, 0) is 0 Å². The van der Waals surface area contributed by atoms with E-state index in [0.717, 1.165) is 66.1 Å². The summed E-state index contributed by atoms with van der Waals surface area (Å²) in [6.07, 6.45) is 7.34. The van der Waals surface area contributed by atoms with E-state index in [2.05, 4.69) is 149 Å². The minimum atomic E-state index is 0.594. The van der Waals surface area contributed by atoms with Gasteiger partial charge >= 0.3 is 0 Å². The molecule has 1 aliphatic rings. The van der Waals surface area contributed by atoms with E-state index >= 15 is 0 Å². The summed E-state index contributed by atoms with van der Waals surface area (Å²) in [7, 11) is 0. The van der Waals surface area contributed by atoms with Crippen molar-refractivity contribution in [3.63, 3.8) is 0 Å². The molecule has 0 spiro atoms. The van der Waals surface area contributed by atoms with Gasteiger partial charge in [0.1, 0.15) is 0 Å². The van der Waals surface area contributed by atoms with Crippen LogP contribution in [0.15, 0.2) is 195 Å². The molecule has 1 aliphatic carbocycles. The molecule has 0 saturated carbocycles. The molecule has 0 bridgehead atoms. The van der Waals surface area contributed by atoms with Crippen LogP contribution in [-0.4, -0.2) is 24.9 Å². The van der Waals surface area contributed by atoms with Gasteiger partial charge in [-0.3, -0.25) is 9.97 Å². The molecule has 12 rings (SSSR count). The molecule has 0 aliphatic heterocycles. The fraction of sp³-hybridized carbons (Fsp3) is 0. The topological polar surface area (TPSA) is 88.2 Å². The van der Waals surface area contributed by atoms with Gasteiger partial charge in [0.2, 0.25) is 0 Å². The number of hydrogen-bond donors (Lipinski definition) is 0. The van der Waals surface area contributed by atoms with Crippen LogP contribution in [0.25, 0.3) is 122 Å². The van der Waals surface area contributed by atoms with Crippen LogP contribution in [0.2, 0.25) is 0 Å². The Morgan fingerprint density at radius 3 is 1.26 bits per heavy atom. The summed E-state index contributed by atoms with van der Waals surface area (Å²) in [6.45, 7) is 0. The van der Waals surface area contributed by atoms with Gasteiger partial charge in [-0.25, -0.2) is 15.0 Å². The van der Waals surface area contributed by atoms with Gasteiger partial charge in [-0.2, -0.15) is 5.26 Å². The van der Waals surface area contributed by atoms with Crippen LogP contribution < -0.4 is 0 Å². The molecule has 6 nitrogen and oxygen atoms in total. The van der Waals surface area contributed by atoms with Crippen molar-refractivity contribution in [2.75, 3.05) is 0 Å². The smallest absolute Gasteiger partial charge is 0.164 e. The Balaban J connectivity index is 0.936. The Morgan fingerprint density at radius 2 is 0.742 bits per heavy atom. The van der Waals surface area contributed by atoms with E-state index in [4.69, 9.17) is 15.0 Å². The highest BCUT2D eigenvalue weighted by molar-refractivity contribution is 6.22. The minimum Gasteiger partial charge on any atom is -0.264 e. The van der Waals surface area contributed by atoms with E-state index < -0.39 is 0 Å². The Morgan fingerprint density at radius 1 is 0.323 bits per heavy atom. The summed E-state index contributed by atoms with van der Waals surface area (Å²) < 4.78 is 0. The van der Waals surface area contributed by atoms with Gasteiger partial charge < -0.3 is 0 Å². The first-order valence-corrected chi connectivity index (χ1v) is 20.5. The van der Waals surface area contributed by atoms with Crippen LogP contribution in [0.4, 0.5) is 0 Å². The van der Waals surface area contributed by atoms with Crippen molar-refractivity contribution in [2.45, 2.75) is 0 Å². The highest BCUT2D eigenvalue weighted by Crippen LogP contribution is 2.52. The lowest BCUT2D eigenvalue weighted by atomic mass is 9.88. The Kier molecular flexibility index (Phi) is 8.12. The molecule has 62 heavy (non-hydrogen) atoms. The molecular weight excluding hydrogens is 757 g/mol. The van der Waals surface area contributed by atoms with Crippen LogP contribution in [0.3, 0.4) is 0 Å². The number of nitriles is 1. The number of benzene rings is 8. The van der Waals surface area contributed by atoms with Gasteiger partial charge in [-0.05, 0) is 101 Å². The molecule has 0 atom stereocenters. The van der Waals surface area contributed by atoms with Crippen molar-refractivity contribution in [1.29, 1.82) is 5.26 Å². The SMILES string of the molecule is N#Cc1ccc(-c2ccc3c4c(ccc(-c5ccc(-c6ccc(-c7nc(-c8cccc9cnccc89)nc(-c8cccc9cnccc89)n7)cc6)cc5)c24)-c2ccccc2-3)cc1. The van der Waals surface area contributed by atoms with Gasteiger partial charge in [0.25, 0.3) is 0 Å². The molecule has 0 fully saturated rings. The summed E-state index contributed by atoms with van der Waals surface area (Å²) in [6, 6.07) is 61.5. The average Bonchev–Trinajstić information content (AvgIpc) is 3.68. The zero-order valence-electron chi connectivity index (χ0n) is 33.2. The maximum atomic E-state index is 9.51. The molecular formula is C56H32N6. The first-order valence-electron chi connectivity index (χ1n) is 20.5. The van der Waals surface area contributed by atoms with Crippen molar-refractivity contribution in [3.8, 4) is 95.9 Å². The van der Waals surface area contributed by atoms with Gasteiger partial charge in [-0.1, -0.05) is 146 Å². The average molecular weight is 789 g/mol. The maximum absolute atomic E-state index is 9.51. The first-order chi connectivity index (χ1) is 30.7. The fourth-order valence-electron chi connectivity index (χ4n) is 9.14. The number of nitrogens with zero attached hydrogens (tertiary/aromatic N) is 6. The van der Waals surface area contributed by atoms with E-state index in [0.29, 0.717) is 23.0 Å². The van der Waals surface area contributed by atoms with Crippen molar-refractivity contribution < 1.29 is 0 Å². The normalized spacial score (nSPS) is 11.5. The summed E-state index contributed by atoms with van der Waals surface area (Å²) >= 11 is 0. The van der Waals surface area contributed by atoms with Gasteiger partial charge in [0, 0.05) is 52.3 Å². The summed E-state index contributed by atoms with van der Waals surface area (Å²) in [5, 5.41) is 16.1. The Labute approximate surface area is 357 Å². The Hall–Kier alpha value is -8.66. The molecule has 0 unspecified atom stereocenters. The predicted molar refractivity (Wildman–Crippen MR) is 250 cm³/mol. The quantitative estimate of drug-likeness (QED) is 0.167. The van der Waals surface area contributed by atoms with Crippen LogP contribution in [0.1, 0.15) is 5.56 Å². The van der Waals surface area contributed by atoms with Gasteiger partial charge in [-0.15, -0.1) is 0 Å². The zero-order valence-corrected chi connectivity index (χ0v) is 33.2. The highest BCUT2D eigenvalue weighted by Gasteiger charge is 2.25. The summed E-state index contributed by atoms with van der Waals surface area (Å²) in [5.41, 5.74) is 15.1. The van der Waals surface area contributed by atoms with E-state index in [9.17, 15) is 5.26 Å². The third kappa shape index (κ3) is 5.76. The standard InChI is InChI=1S/C56H32N6/c57-31-34-11-13-37(14-12-34)44-23-25-48-46-7-1-2-8-47(46)49-26-24-45(52(44)53(48)49)38-19-15-35(16-20-38)36-17-21-39(22-18-36)54-60-55(50-9-3-5-40-32-58-29-27-42(40)50)62-56(61-54)51-10-4-6-41-33-59-30-28-43(41)51/h1-30,32-33H. The lowest BCUT2D eigenvalue weighted by molar-refractivity contribution is 1.08. The number of aromatic nitrogens is 5. The number of pyridine rings is 2. The third-order valence-electron chi connectivity index (χ3n) is 12.1. The Bertz CT molecular complexity index is 3490. The van der Waals surface area contributed by atoms with E-state index in [1.807, 2.05) is 48.8 Å².